The zero-order valence-electron chi connectivity index (χ0n) is 19.2. The number of benzene rings is 2. The first-order valence-electron chi connectivity index (χ1n) is 12.6. The SMILES string of the molecule is COc1ccc2c(c1)C13CCN(CC(F)(F)c4ccccc4)C(C2)C12CCC1NC[C@@H](C2)C13. The van der Waals surface area contributed by atoms with Crippen LogP contribution >= 0.6 is 0 Å². The van der Waals surface area contributed by atoms with Gasteiger partial charge in [0.1, 0.15) is 5.75 Å². The highest BCUT2D eigenvalue weighted by Crippen LogP contribution is 2.74. The van der Waals surface area contributed by atoms with Gasteiger partial charge in [0, 0.05) is 23.1 Å². The number of halogens is 2. The highest BCUT2D eigenvalue weighted by molar-refractivity contribution is 5.51. The second-order valence-electron chi connectivity index (χ2n) is 11.2. The van der Waals surface area contributed by atoms with Crippen molar-refractivity contribution in [3.8, 4) is 5.75 Å². The molecule has 2 aromatic rings. The lowest BCUT2D eigenvalue weighted by Gasteiger charge is -2.66. The lowest BCUT2D eigenvalue weighted by atomic mass is 9.43. The molecule has 2 aliphatic heterocycles. The largest absolute Gasteiger partial charge is 0.497 e. The van der Waals surface area contributed by atoms with Crippen molar-refractivity contribution in [1.82, 2.24) is 10.2 Å². The normalized spacial score (nSPS) is 38.6. The Labute approximate surface area is 194 Å². The molecule has 2 saturated heterocycles. The van der Waals surface area contributed by atoms with E-state index in [1.165, 1.54) is 24.0 Å². The van der Waals surface area contributed by atoms with Gasteiger partial charge in [-0.2, -0.15) is 8.78 Å². The van der Waals surface area contributed by atoms with Crippen LogP contribution in [0.1, 0.15) is 42.4 Å². The van der Waals surface area contributed by atoms with Crippen molar-refractivity contribution in [1.29, 1.82) is 0 Å². The van der Waals surface area contributed by atoms with Crippen LogP contribution in [0.5, 0.6) is 5.75 Å². The van der Waals surface area contributed by atoms with E-state index in [0.717, 1.165) is 38.1 Å². The monoisotopic (exact) mass is 450 g/mol. The average molecular weight is 451 g/mol. The molecule has 2 aromatic carbocycles. The fourth-order valence-corrected chi connectivity index (χ4v) is 9.28. The molecule has 6 atom stereocenters. The molecular formula is C28H32F2N2O. The zero-order valence-corrected chi connectivity index (χ0v) is 19.2. The second kappa shape index (κ2) is 6.79. The Morgan fingerprint density at radius 1 is 1.15 bits per heavy atom. The van der Waals surface area contributed by atoms with Gasteiger partial charge in [-0.3, -0.25) is 4.90 Å². The number of rotatable bonds is 4. The topological polar surface area (TPSA) is 24.5 Å². The number of hydrogen-bond acceptors (Lipinski definition) is 3. The molecule has 174 valence electrons. The summed E-state index contributed by atoms with van der Waals surface area (Å²) in [5.41, 5.74) is 3.17. The molecule has 1 N–H and O–H groups in total. The van der Waals surface area contributed by atoms with Crippen LogP contribution < -0.4 is 10.1 Å². The van der Waals surface area contributed by atoms with Gasteiger partial charge in [-0.05, 0) is 85.7 Å². The molecule has 33 heavy (non-hydrogen) atoms. The average Bonchev–Trinajstić information content (AvgIpc) is 3.31. The first kappa shape index (κ1) is 20.4. The van der Waals surface area contributed by atoms with Crippen LogP contribution in [-0.4, -0.2) is 43.7 Å². The van der Waals surface area contributed by atoms with E-state index in [2.05, 4.69) is 28.4 Å². The van der Waals surface area contributed by atoms with E-state index >= 15 is 8.78 Å². The number of fused-ring (bicyclic) bond motifs is 1. The maximum Gasteiger partial charge on any atom is 0.285 e. The molecule has 5 heteroatoms. The van der Waals surface area contributed by atoms with E-state index < -0.39 is 5.92 Å². The summed E-state index contributed by atoms with van der Waals surface area (Å²) >= 11 is 0. The van der Waals surface area contributed by atoms with Crippen molar-refractivity contribution in [2.75, 3.05) is 26.7 Å². The Kier molecular flexibility index (Phi) is 4.20. The lowest BCUT2D eigenvalue weighted by molar-refractivity contribution is -0.128. The summed E-state index contributed by atoms with van der Waals surface area (Å²) in [7, 11) is 1.75. The third-order valence-corrected chi connectivity index (χ3v) is 10.2. The van der Waals surface area contributed by atoms with Crippen LogP contribution in [0.4, 0.5) is 8.78 Å². The van der Waals surface area contributed by atoms with Crippen molar-refractivity contribution in [3.63, 3.8) is 0 Å². The summed E-state index contributed by atoms with van der Waals surface area (Å²) < 4.78 is 36.7. The Bertz CT molecular complexity index is 1090. The molecule has 0 spiro atoms. The quantitative estimate of drug-likeness (QED) is 0.728. The number of alkyl halides is 2. The summed E-state index contributed by atoms with van der Waals surface area (Å²) in [6.45, 7) is 1.66. The molecule has 2 saturated carbocycles. The second-order valence-corrected chi connectivity index (χ2v) is 11.2. The predicted octanol–water partition coefficient (Wildman–Crippen LogP) is 4.74. The number of likely N-dealkylation sites (tertiary alicyclic amines) is 1. The summed E-state index contributed by atoms with van der Waals surface area (Å²) in [6.07, 6.45) is 5.36. The maximum absolute atomic E-state index is 15.5. The van der Waals surface area contributed by atoms with E-state index in [9.17, 15) is 0 Å². The van der Waals surface area contributed by atoms with Crippen LogP contribution in [0.2, 0.25) is 0 Å². The number of nitrogens with one attached hydrogen (secondary N) is 1. The van der Waals surface area contributed by atoms with Gasteiger partial charge < -0.3 is 10.1 Å². The van der Waals surface area contributed by atoms with E-state index in [4.69, 9.17) is 4.74 Å². The highest BCUT2D eigenvalue weighted by atomic mass is 19.3. The fourth-order valence-electron chi connectivity index (χ4n) is 9.28. The first-order valence-corrected chi connectivity index (χ1v) is 12.6. The highest BCUT2D eigenvalue weighted by Gasteiger charge is 2.75. The van der Waals surface area contributed by atoms with E-state index in [1.54, 1.807) is 31.4 Å². The summed E-state index contributed by atoms with van der Waals surface area (Å²) in [6, 6.07) is 15.7. The van der Waals surface area contributed by atoms with Gasteiger partial charge in [-0.1, -0.05) is 36.4 Å². The Morgan fingerprint density at radius 3 is 2.82 bits per heavy atom. The first-order chi connectivity index (χ1) is 16.0. The molecule has 7 rings (SSSR count). The number of nitrogens with zero attached hydrogens (tertiary/aromatic N) is 1. The number of methoxy groups -OCH3 is 1. The van der Waals surface area contributed by atoms with Crippen molar-refractivity contribution in [3.05, 3.63) is 65.2 Å². The Morgan fingerprint density at radius 2 is 2.00 bits per heavy atom. The smallest absolute Gasteiger partial charge is 0.285 e. The van der Waals surface area contributed by atoms with Crippen molar-refractivity contribution < 1.29 is 13.5 Å². The summed E-state index contributed by atoms with van der Waals surface area (Å²) in [5, 5.41) is 3.84. The minimum absolute atomic E-state index is 0.0927. The van der Waals surface area contributed by atoms with Gasteiger partial charge in [-0.25, -0.2) is 0 Å². The molecule has 4 bridgehead atoms. The standard InChI is InChI=1S/C28H32F2N2O/c1-33-21-8-7-18-13-24-26-10-9-23-25(19(15-26)16-31-23)27(26,22(18)14-21)11-12-32(24)17-28(29,30)20-5-3-2-4-6-20/h2-8,14,19,23-25,31H,9-13,15-17H2,1H3/t19-,23?,24?,25?,26?,27?/m1/s1. The van der Waals surface area contributed by atoms with Crippen LogP contribution in [0.25, 0.3) is 0 Å². The molecule has 0 amide bonds. The Balaban J connectivity index is 1.35. The van der Waals surface area contributed by atoms with Gasteiger partial charge in [0.2, 0.25) is 0 Å². The molecule has 3 aliphatic carbocycles. The molecule has 0 aromatic heterocycles. The zero-order chi connectivity index (χ0) is 22.4. The molecule has 5 aliphatic rings. The van der Waals surface area contributed by atoms with Crippen molar-refractivity contribution in [2.45, 2.75) is 55.5 Å². The van der Waals surface area contributed by atoms with Crippen molar-refractivity contribution >= 4 is 0 Å². The summed E-state index contributed by atoms with van der Waals surface area (Å²) in [4.78, 5) is 2.19. The third-order valence-electron chi connectivity index (χ3n) is 10.2. The minimum Gasteiger partial charge on any atom is -0.497 e. The van der Waals surface area contributed by atoms with E-state index in [-0.39, 0.29) is 29.0 Å². The molecule has 0 radical (unpaired) electrons. The molecule has 2 heterocycles. The summed E-state index contributed by atoms with van der Waals surface area (Å²) in [5.74, 6) is -0.630. The van der Waals surface area contributed by atoms with Crippen LogP contribution in [0.15, 0.2) is 48.5 Å². The minimum atomic E-state index is -2.84. The van der Waals surface area contributed by atoms with Crippen LogP contribution in [0, 0.1) is 17.3 Å². The van der Waals surface area contributed by atoms with Gasteiger partial charge in [0.25, 0.3) is 5.92 Å². The number of piperidine rings is 1. The molecule has 4 fully saturated rings. The fraction of sp³-hybridized carbons (Fsp3) is 0.571. The molecular weight excluding hydrogens is 418 g/mol. The van der Waals surface area contributed by atoms with E-state index in [0.29, 0.717) is 17.9 Å². The molecule has 5 unspecified atom stereocenters. The maximum atomic E-state index is 15.5. The van der Waals surface area contributed by atoms with Crippen LogP contribution in [-0.2, 0) is 17.8 Å². The van der Waals surface area contributed by atoms with E-state index in [1.807, 2.05) is 6.07 Å². The molecule has 3 nitrogen and oxygen atoms in total. The predicted molar refractivity (Wildman–Crippen MR) is 124 cm³/mol. The number of hydrogen-bond donors (Lipinski definition) is 1. The van der Waals surface area contributed by atoms with Crippen LogP contribution in [0.3, 0.4) is 0 Å². The van der Waals surface area contributed by atoms with Gasteiger partial charge in [0.15, 0.2) is 0 Å². The lowest BCUT2D eigenvalue weighted by Crippen LogP contribution is -2.70. The van der Waals surface area contributed by atoms with Crippen molar-refractivity contribution in [2.24, 2.45) is 17.3 Å². The van der Waals surface area contributed by atoms with Gasteiger partial charge in [0.05, 0.1) is 13.7 Å². The number of ether oxygens (including phenoxy) is 1. The van der Waals surface area contributed by atoms with Gasteiger partial charge in [-0.15, -0.1) is 0 Å². The third kappa shape index (κ3) is 2.50. The Hall–Kier alpha value is -1.98. The van der Waals surface area contributed by atoms with Gasteiger partial charge >= 0.3 is 0 Å².